The second kappa shape index (κ2) is 7.00. The van der Waals surface area contributed by atoms with Crippen molar-refractivity contribution in [3.63, 3.8) is 0 Å². The Kier molecular flexibility index (Phi) is 5.06. The van der Waals surface area contributed by atoms with Gasteiger partial charge in [0, 0.05) is 28.6 Å². The van der Waals surface area contributed by atoms with E-state index in [9.17, 15) is 18.7 Å². The second-order valence-electron chi connectivity index (χ2n) is 4.35. The summed E-state index contributed by atoms with van der Waals surface area (Å²) in [5.74, 6) is -2.57. The van der Waals surface area contributed by atoms with Crippen molar-refractivity contribution >= 4 is 29.4 Å². The number of carbonyl (C=O) groups is 1. The van der Waals surface area contributed by atoms with Crippen LogP contribution in [-0.2, 0) is 4.79 Å². The first kappa shape index (κ1) is 15.9. The fraction of sp³-hybridized carbons (Fsp3) is 0.0667. The zero-order chi connectivity index (χ0) is 16.1. The molecular formula is C15H11ClF2N2O2. The summed E-state index contributed by atoms with van der Waals surface area (Å²) in [6.07, 6.45) is 1.30. The number of hydrogen-bond acceptors (Lipinski definition) is 3. The average molecular weight is 325 g/mol. The number of phenolic OH excluding ortho intramolecular Hbond substituents is 1. The van der Waals surface area contributed by atoms with Gasteiger partial charge in [-0.15, -0.1) is 0 Å². The van der Waals surface area contributed by atoms with Crippen molar-refractivity contribution in [1.29, 1.82) is 0 Å². The van der Waals surface area contributed by atoms with E-state index in [0.29, 0.717) is 10.6 Å². The number of halogens is 3. The van der Waals surface area contributed by atoms with Gasteiger partial charge in [-0.2, -0.15) is 0 Å². The quantitative estimate of drug-likeness (QED) is 0.847. The highest BCUT2D eigenvalue weighted by molar-refractivity contribution is 6.30. The van der Waals surface area contributed by atoms with Crippen molar-refractivity contribution in [2.24, 2.45) is 4.99 Å². The van der Waals surface area contributed by atoms with Crippen LogP contribution < -0.4 is 5.32 Å². The molecular weight excluding hydrogens is 314 g/mol. The number of phenols is 1. The highest BCUT2D eigenvalue weighted by Gasteiger charge is 2.05. The molecule has 0 fully saturated rings. The standard InChI is InChI=1S/C15H11ClF2N2O2/c16-10-1-4-14(21)9(5-10)7-19-8-15(22)20-11-2-3-12(17)13(18)6-11/h1-7,21H,8H2,(H,20,22). The molecule has 0 spiro atoms. The van der Waals surface area contributed by atoms with Crippen LogP contribution in [0.4, 0.5) is 14.5 Å². The fourth-order valence-corrected chi connectivity index (χ4v) is 1.81. The Balaban J connectivity index is 1.96. The van der Waals surface area contributed by atoms with Crippen LogP contribution in [0.3, 0.4) is 0 Å². The maximum Gasteiger partial charge on any atom is 0.246 e. The summed E-state index contributed by atoms with van der Waals surface area (Å²) in [5.41, 5.74) is 0.498. The molecule has 4 nitrogen and oxygen atoms in total. The molecule has 0 saturated heterocycles. The Hall–Kier alpha value is -2.47. The first-order valence-electron chi connectivity index (χ1n) is 6.19. The van der Waals surface area contributed by atoms with Crippen molar-refractivity contribution < 1.29 is 18.7 Å². The Morgan fingerprint density at radius 1 is 1.23 bits per heavy atom. The lowest BCUT2D eigenvalue weighted by Gasteiger charge is -2.04. The number of benzene rings is 2. The van der Waals surface area contributed by atoms with Crippen LogP contribution in [0.2, 0.25) is 5.02 Å². The lowest BCUT2D eigenvalue weighted by atomic mass is 10.2. The molecule has 1 amide bonds. The van der Waals surface area contributed by atoms with Crippen molar-refractivity contribution in [2.75, 3.05) is 11.9 Å². The summed E-state index contributed by atoms with van der Waals surface area (Å²) in [6, 6.07) is 7.45. The number of carbonyl (C=O) groups excluding carboxylic acids is 1. The molecule has 0 aromatic heterocycles. The Bertz CT molecular complexity index is 735. The zero-order valence-corrected chi connectivity index (χ0v) is 11.9. The molecule has 2 aromatic rings. The molecule has 7 heteroatoms. The molecule has 2 aromatic carbocycles. The van der Waals surface area contributed by atoms with Crippen LogP contribution in [-0.4, -0.2) is 23.8 Å². The summed E-state index contributed by atoms with van der Waals surface area (Å²) in [4.78, 5) is 15.5. The van der Waals surface area contributed by atoms with Gasteiger partial charge < -0.3 is 10.4 Å². The number of rotatable bonds is 4. The third-order valence-corrected chi connectivity index (χ3v) is 2.89. The average Bonchev–Trinajstić information content (AvgIpc) is 2.46. The summed E-state index contributed by atoms with van der Waals surface area (Å²) in [7, 11) is 0. The number of nitrogens with zero attached hydrogens (tertiary/aromatic N) is 1. The molecule has 0 aliphatic heterocycles. The topological polar surface area (TPSA) is 61.7 Å². The minimum absolute atomic E-state index is 0.0193. The van der Waals surface area contributed by atoms with Gasteiger partial charge in [-0.1, -0.05) is 11.6 Å². The summed E-state index contributed by atoms with van der Waals surface area (Å²) in [6.45, 7) is -0.245. The van der Waals surface area contributed by atoms with E-state index in [1.807, 2.05) is 0 Å². The van der Waals surface area contributed by atoms with Crippen molar-refractivity contribution in [1.82, 2.24) is 0 Å². The van der Waals surface area contributed by atoms with Crippen molar-refractivity contribution in [3.8, 4) is 5.75 Å². The van der Waals surface area contributed by atoms with Gasteiger partial charge in [0.05, 0.1) is 0 Å². The summed E-state index contributed by atoms with van der Waals surface area (Å²) in [5, 5.41) is 12.4. The summed E-state index contributed by atoms with van der Waals surface area (Å²) >= 11 is 5.77. The van der Waals surface area contributed by atoms with Gasteiger partial charge in [0.25, 0.3) is 0 Å². The Labute approximate surface area is 130 Å². The van der Waals surface area contributed by atoms with Gasteiger partial charge >= 0.3 is 0 Å². The van der Waals surface area contributed by atoms with Gasteiger partial charge in [-0.3, -0.25) is 9.79 Å². The highest BCUT2D eigenvalue weighted by atomic mass is 35.5. The maximum absolute atomic E-state index is 13.0. The van der Waals surface area contributed by atoms with E-state index < -0.39 is 17.5 Å². The largest absolute Gasteiger partial charge is 0.507 e. The molecule has 0 bridgehead atoms. The third kappa shape index (κ3) is 4.26. The third-order valence-electron chi connectivity index (χ3n) is 2.66. The van der Waals surface area contributed by atoms with Crippen LogP contribution in [0, 0.1) is 11.6 Å². The fourth-order valence-electron chi connectivity index (χ4n) is 1.63. The van der Waals surface area contributed by atoms with Crippen LogP contribution in [0.25, 0.3) is 0 Å². The molecule has 0 aliphatic rings. The zero-order valence-electron chi connectivity index (χ0n) is 11.2. The van der Waals surface area contributed by atoms with E-state index in [1.165, 1.54) is 30.5 Å². The van der Waals surface area contributed by atoms with E-state index in [4.69, 9.17) is 11.6 Å². The Morgan fingerprint density at radius 2 is 2.00 bits per heavy atom. The predicted molar refractivity (Wildman–Crippen MR) is 80.6 cm³/mol. The molecule has 114 valence electrons. The number of aromatic hydroxyl groups is 1. The van der Waals surface area contributed by atoms with Gasteiger partial charge in [-0.05, 0) is 30.3 Å². The first-order chi connectivity index (χ1) is 10.5. The maximum atomic E-state index is 13.0. The van der Waals surface area contributed by atoms with E-state index in [0.717, 1.165) is 12.1 Å². The molecule has 22 heavy (non-hydrogen) atoms. The first-order valence-corrected chi connectivity index (χ1v) is 6.57. The molecule has 2 rings (SSSR count). The lowest BCUT2D eigenvalue weighted by molar-refractivity contribution is -0.114. The lowest BCUT2D eigenvalue weighted by Crippen LogP contribution is -2.15. The van der Waals surface area contributed by atoms with E-state index in [1.54, 1.807) is 0 Å². The summed E-state index contributed by atoms with van der Waals surface area (Å²) < 4.78 is 25.7. The smallest absolute Gasteiger partial charge is 0.246 e. The van der Waals surface area contributed by atoms with Crippen LogP contribution in [0.15, 0.2) is 41.4 Å². The van der Waals surface area contributed by atoms with Crippen LogP contribution >= 0.6 is 11.6 Å². The van der Waals surface area contributed by atoms with Gasteiger partial charge in [0.2, 0.25) is 5.91 Å². The van der Waals surface area contributed by atoms with Gasteiger partial charge in [0.1, 0.15) is 12.3 Å². The van der Waals surface area contributed by atoms with Crippen LogP contribution in [0.5, 0.6) is 5.75 Å². The van der Waals surface area contributed by atoms with Crippen molar-refractivity contribution in [3.05, 3.63) is 58.6 Å². The number of aliphatic imine (C=N–C) groups is 1. The van der Waals surface area contributed by atoms with Crippen molar-refractivity contribution in [2.45, 2.75) is 0 Å². The molecule has 0 aliphatic carbocycles. The molecule has 0 atom stereocenters. The SMILES string of the molecule is O=C(CN=Cc1cc(Cl)ccc1O)Nc1ccc(F)c(F)c1. The number of hydrogen-bond donors (Lipinski definition) is 2. The Morgan fingerprint density at radius 3 is 2.73 bits per heavy atom. The van der Waals surface area contributed by atoms with Gasteiger partial charge in [-0.25, -0.2) is 8.78 Å². The molecule has 0 radical (unpaired) electrons. The normalized spacial score (nSPS) is 10.9. The number of anilines is 1. The van der Waals surface area contributed by atoms with E-state index in [-0.39, 0.29) is 18.0 Å². The van der Waals surface area contributed by atoms with E-state index in [2.05, 4.69) is 10.3 Å². The second-order valence-corrected chi connectivity index (χ2v) is 4.79. The molecule has 0 heterocycles. The molecule has 2 N–H and O–H groups in total. The predicted octanol–water partition coefficient (Wildman–Crippen LogP) is 3.38. The monoisotopic (exact) mass is 324 g/mol. The minimum Gasteiger partial charge on any atom is -0.507 e. The molecule has 0 saturated carbocycles. The molecule has 0 unspecified atom stereocenters. The highest BCUT2D eigenvalue weighted by Crippen LogP contribution is 2.19. The number of amides is 1. The van der Waals surface area contributed by atoms with Crippen LogP contribution in [0.1, 0.15) is 5.56 Å². The van der Waals surface area contributed by atoms with E-state index >= 15 is 0 Å². The number of nitrogens with one attached hydrogen (secondary N) is 1. The minimum atomic E-state index is -1.05. The van der Waals surface area contributed by atoms with Gasteiger partial charge in [0.15, 0.2) is 11.6 Å².